The van der Waals surface area contributed by atoms with Gasteiger partial charge < -0.3 is 15.0 Å². The van der Waals surface area contributed by atoms with Gasteiger partial charge in [0.05, 0.1) is 18.6 Å². The first-order valence-electron chi connectivity index (χ1n) is 9.06. The fourth-order valence-electron chi connectivity index (χ4n) is 3.48. The molecule has 0 unspecified atom stereocenters. The maximum atomic E-state index is 12.6. The van der Waals surface area contributed by atoms with Crippen molar-refractivity contribution >= 4 is 45.7 Å². The average molecular weight is 392 g/mol. The van der Waals surface area contributed by atoms with Gasteiger partial charge in [0.2, 0.25) is 5.91 Å². The van der Waals surface area contributed by atoms with Gasteiger partial charge in [-0.1, -0.05) is 12.1 Å². The fraction of sp³-hybridized carbons (Fsp3) is 0.182. The van der Waals surface area contributed by atoms with E-state index in [0.717, 1.165) is 32.8 Å². The lowest BCUT2D eigenvalue weighted by molar-refractivity contribution is -0.113. The molecule has 1 heterocycles. The minimum atomic E-state index is -0.0850. The molecule has 3 aromatic rings. The summed E-state index contributed by atoms with van der Waals surface area (Å²) in [7, 11) is 1.63. The molecule has 0 saturated heterocycles. The molecule has 0 aliphatic carbocycles. The van der Waals surface area contributed by atoms with Crippen LogP contribution in [0.5, 0.6) is 5.75 Å². The van der Waals surface area contributed by atoms with E-state index >= 15 is 0 Å². The Hall–Kier alpha value is -2.99. The minimum absolute atomic E-state index is 0.0154. The van der Waals surface area contributed by atoms with E-state index in [1.807, 2.05) is 61.5 Å². The predicted octanol–water partition coefficient (Wildman–Crippen LogP) is 4.56. The summed E-state index contributed by atoms with van der Waals surface area (Å²) in [5.41, 5.74) is 2.33. The monoisotopic (exact) mass is 392 g/mol. The first kappa shape index (κ1) is 18.4. The van der Waals surface area contributed by atoms with Gasteiger partial charge in [-0.05, 0) is 49.4 Å². The van der Waals surface area contributed by atoms with Crippen molar-refractivity contribution in [2.45, 2.75) is 11.8 Å². The molecule has 0 fully saturated rings. The van der Waals surface area contributed by atoms with E-state index in [0.29, 0.717) is 17.9 Å². The van der Waals surface area contributed by atoms with Gasteiger partial charge in [-0.3, -0.25) is 9.59 Å². The summed E-state index contributed by atoms with van der Waals surface area (Å²) in [5.74, 6) is 1.02. The molecule has 0 bridgehead atoms. The number of anilines is 2. The molecule has 4 rings (SSSR count). The van der Waals surface area contributed by atoms with Gasteiger partial charge >= 0.3 is 0 Å². The largest absolute Gasteiger partial charge is 0.497 e. The van der Waals surface area contributed by atoms with E-state index in [2.05, 4.69) is 5.32 Å². The lowest BCUT2D eigenvalue weighted by atomic mass is 10.0. The van der Waals surface area contributed by atoms with Crippen LogP contribution < -0.4 is 15.0 Å². The van der Waals surface area contributed by atoms with Crippen LogP contribution in [0, 0.1) is 0 Å². The Morgan fingerprint density at radius 2 is 1.89 bits per heavy atom. The third-order valence-electron chi connectivity index (χ3n) is 4.80. The van der Waals surface area contributed by atoms with Crippen LogP contribution >= 0.6 is 11.8 Å². The molecule has 2 amide bonds. The van der Waals surface area contributed by atoms with E-state index in [-0.39, 0.29) is 11.8 Å². The normalized spacial score (nSPS) is 12.5. The first-order valence-corrected chi connectivity index (χ1v) is 10.0. The standard InChI is InChI=1S/C22H20N2O3S/c1-3-24-19-12-11-18(16-5-4-6-17(21(16)19)22(24)26)23-20(25)13-28-15-9-7-14(27-2)8-10-15/h4-12H,3,13H2,1-2H3,(H,23,25). The van der Waals surface area contributed by atoms with Crippen LogP contribution in [-0.4, -0.2) is 31.2 Å². The number of thioether (sulfide) groups is 1. The molecular weight excluding hydrogens is 372 g/mol. The van der Waals surface area contributed by atoms with Gasteiger partial charge in [0, 0.05) is 33.5 Å². The van der Waals surface area contributed by atoms with Crippen LogP contribution in [0.4, 0.5) is 11.4 Å². The molecule has 28 heavy (non-hydrogen) atoms. The summed E-state index contributed by atoms with van der Waals surface area (Å²) in [6.45, 7) is 2.58. The Morgan fingerprint density at radius 3 is 2.61 bits per heavy atom. The fourth-order valence-corrected chi connectivity index (χ4v) is 4.17. The number of nitrogens with zero attached hydrogens (tertiary/aromatic N) is 1. The lowest BCUT2D eigenvalue weighted by Crippen LogP contribution is -2.25. The second-order valence-electron chi connectivity index (χ2n) is 6.42. The number of hydrogen-bond acceptors (Lipinski definition) is 4. The van der Waals surface area contributed by atoms with Crippen LogP contribution in [-0.2, 0) is 4.79 Å². The number of nitrogens with one attached hydrogen (secondary N) is 1. The molecule has 3 aromatic carbocycles. The quantitative estimate of drug-likeness (QED) is 0.625. The first-order chi connectivity index (χ1) is 13.6. The van der Waals surface area contributed by atoms with Gasteiger partial charge in [0.25, 0.3) is 5.91 Å². The molecule has 6 heteroatoms. The van der Waals surface area contributed by atoms with Crippen molar-refractivity contribution in [2.75, 3.05) is 29.6 Å². The highest BCUT2D eigenvalue weighted by Crippen LogP contribution is 2.40. The minimum Gasteiger partial charge on any atom is -0.497 e. The van der Waals surface area contributed by atoms with Crippen LogP contribution in [0.1, 0.15) is 17.3 Å². The Kier molecular flexibility index (Phi) is 4.96. The highest BCUT2D eigenvalue weighted by atomic mass is 32.2. The molecule has 5 nitrogen and oxygen atoms in total. The summed E-state index contributed by atoms with van der Waals surface area (Å²) in [5, 5.41) is 4.80. The van der Waals surface area contributed by atoms with E-state index in [1.165, 1.54) is 11.8 Å². The number of rotatable bonds is 6. The van der Waals surface area contributed by atoms with Crippen molar-refractivity contribution in [2.24, 2.45) is 0 Å². The lowest BCUT2D eigenvalue weighted by Gasteiger charge is -2.15. The SMILES string of the molecule is CCN1C(=O)c2cccc3c(NC(=O)CSc4ccc(OC)cc4)ccc1c23. The zero-order valence-electron chi connectivity index (χ0n) is 15.7. The van der Waals surface area contributed by atoms with Crippen molar-refractivity contribution in [1.29, 1.82) is 0 Å². The molecule has 1 aliphatic heterocycles. The summed E-state index contributed by atoms with van der Waals surface area (Å²) in [6, 6.07) is 17.0. The maximum absolute atomic E-state index is 12.6. The number of amides is 2. The highest BCUT2D eigenvalue weighted by molar-refractivity contribution is 8.00. The number of hydrogen-bond donors (Lipinski definition) is 1. The van der Waals surface area contributed by atoms with Crippen LogP contribution in [0.3, 0.4) is 0 Å². The molecule has 1 N–H and O–H groups in total. The third-order valence-corrected chi connectivity index (χ3v) is 5.82. The molecule has 1 aliphatic rings. The zero-order valence-corrected chi connectivity index (χ0v) is 16.5. The van der Waals surface area contributed by atoms with Crippen LogP contribution in [0.15, 0.2) is 59.5 Å². The molecule has 0 aromatic heterocycles. The zero-order chi connectivity index (χ0) is 19.7. The second kappa shape index (κ2) is 7.56. The Labute approximate surface area is 167 Å². The van der Waals surface area contributed by atoms with Crippen molar-refractivity contribution < 1.29 is 14.3 Å². The van der Waals surface area contributed by atoms with Crippen LogP contribution in [0.2, 0.25) is 0 Å². The van der Waals surface area contributed by atoms with E-state index < -0.39 is 0 Å². The molecule has 0 radical (unpaired) electrons. The number of methoxy groups -OCH3 is 1. The Bertz CT molecular complexity index is 1060. The highest BCUT2D eigenvalue weighted by Gasteiger charge is 2.29. The van der Waals surface area contributed by atoms with Gasteiger partial charge in [0.1, 0.15) is 5.75 Å². The summed E-state index contributed by atoms with van der Waals surface area (Å²) < 4.78 is 5.15. The summed E-state index contributed by atoms with van der Waals surface area (Å²) in [4.78, 5) is 27.8. The number of carbonyl (C=O) groups excluding carboxylic acids is 2. The smallest absolute Gasteiger partial charge is 0.258 e. The molecule has 0 saturated carbocycles. The van der Waals surface area contributed by atoms with Gasteiger partial charge in [-0.2, -0.15) is 0 Å². The average Bonchev–Trinajstić information content (AvgIpc) is 3.01. The van der Waals surface area contributed by atoms with Gasteiger partial charge in [0.15, 0.2) is 0 Å². The van der Waals surface area contributed by atoms with E-state index in [9.17, 15) is 9.59 Å². The van der Waals surface area contributed by atoms with Gasteiger partial charge in [-0.15, -0.1) is 11.8 Å². The third kappa shape index (κ3) is 3.20. The number of benzene rings is 3. The Balaban J connectivity index is 1.53. The predicted molar refractivity (Wildman–Crippen MR) is 114 cm³/mol. The van der Waals surface area contributed by atoms with Gasteiger partial charge in [-0.25, -0.2) is 0 Å². The van der Waals surface area contributed by atoms with E-state index in [1.54, 1.807) is 12.0 Å². The molecule has 142 valence electrons. The van der Waals surface area contributed by atoms with Crippen molar-refractivity contribution in [3.63, 3.8) is 0 Å². The maximum Gasteiger partial charge on any atom is 0.258 e. The summed E-state index contributed by atoms with van der Waals surface area (Å²) in [6.07, 6.45) is 0. The van der Waals surface area contributed by atoms with E-state index in [4.69, 9.17) is 4.74 Å². The van der Waals surface area contributed by atoms with Crippen LogP contribution in [0.25, 0.3) is 10.8 Å². The van der Waals surface area contributed by atoms with Crippen molar-refractivity contribution in [1.82, 2.24) is 0 Å². The number of carbonyl (C=O) groups is 2. The molecule has 0 atom stereocenters. The second-order valence-corrected chi connectivity index (χ2v) is 7.47. The Morgan fingerprint density at radius 1 is 1.11 bits per heavy atom. The van der Waals surface area contributed by atoms with Crippen molar-refractivity contribution in [3.8, 4) is 5.75 Å². The van der Waals surface area contributed by atoms with Crippen molar-refractivity contribution in [3.05, 3.63) is 60.2 Å². The topological polar surface area (TPSA) is 58.6 Å². The molecular formula is C22H20N2O3S. The molecule has 0 spiro atoms. The number of ether oxygens (including phenoxy) is 1. The summed E-state index contributed by atoms with van der Waals surface area (Å²) >= 11 is 1.47.